The maximum Gasteiger partial charge on any atom is 0.143 e. The Labute approximate surface area is 180 Å². The van der Waals surface area contributed by atoms with E-state index in [1.807, 2.05) is 42.5 Å². The summed E-state index contributed by atoms with van der Waals surface area (Å²) in [6.07, 6.45) is 0. The van der Waals surface area contributed by atoms with Gasteiger partial charge in [-0.05, 0) is 47.0 Å². The van der Waals surface area contributed by atoms with Gasteiger partial charge >= 0.3 is 0 Å². The van der Waals surface area contributed by atoms with E-state index in [2.05, 4.69) is 53.6 Å². The molecule has 0 saturated heterocycles. The zero-order valence-corrected chi connectivity index (χ0v) is 20.1. The molecule has 0 aliphatic heterocycles. The molecule has 0 bridgehead atoms. The van der Waals surface area contributed by atoms with Crippen LogP contribution in [0, 0.1) is 0 Å². The molecule has 0 aliphatic rings. The molecule has 1 aromatic heterocycles. The Morgan fingerprint density at radius 3 is 1.97 bits per heavy atom. The molecule has 158 valence electrons. The standard InChI is InChI=1S/C26H32O3Si/c1-17(2)30(18(3)4,19(5)6)24(16-27)25-22-10-8-9-11-23(22)29-26(25)20-12-14-21(28-7)15-13-20/h8-15,17-19H,1-7H3. The Balaban J connectivity index is 2.39. The zero-order valence-electron chi connectivity index (χ0n) is 19.1. The van der Waals surface area contributed by atoms with E-state index in [1.54, 1.807) is 7.11 Å². The number of rotatable bonds is 7. The summed E-state index contributed by atoms with van der Waals surface area (Å²) < 4.78 is 11.7. The van der Waals surface area contributed by atoms with Gasteiger partial charge in [0.1, 0.15) is 31.1 Å². The van der Waals surface area contributed by atoms with E-state index in [-0.39, 0.29) is 0 Å². The van der Waals surface area contributed by atoms with E-state index < -0.39 is 8.07 Å². The van der Waals surface area contributed by atoms with Crippen molar-refractivity contribution in [3.63, 3.8) is 0 Å². The van der Waals surface area contributed by atoms with E-state index in [9.17, 15) is 4.79 Å². The molecule has 3 nitrogen and oxygen atoms in total. The average molecular weight is 421 g/mol. The van der Waals surface area contributed by atoms with Gasteiger partial charge in [0.15, 0.2) is 0 Å². The molecule has 1 heterocycles. The van der Waals surface area contributed by atoms with E-state index in [4.69, 9.17) is 9.15 Å². The highest BCUT2D eigenvalue weighted by Crippen LogP contribution is 2.52. The Morgan fingerprint density at radius 2 is 1.47 bits per heavy atom. The summed E-state index contributed by atoms with van der Waals surface area (Å²) in [5, 5.41) is 1.83. The topological polar surface area (TPSA) is 39.4 Å². The van der Waals surface area contributed by atoms with Crippen molar-refractivity contribution in [2.45, 2.75) is 58.2 Å². The molecular formula is C26H32O3Si. The fourth-order valence-corrected chi connectivity index (χ4v) is 12.1. The van der Waals surface area contributed by atoms with Crippen molar-refractivity contribution in [1.82, 2.24) is 0 Å². The molecule has 0 spiro atoms. The first-order chi connectivity index (χ1) is 14.3. The second-order valence-electron chi connectivity index (χ2n) is 8.91. The smallest absolute Gasteiger partial charge is 0.143 e. The summed E-state index contributed by atoms with van der Waals surface area (Å²) in [5.41, 5.74) is 3.84. The predicted molar refractivity (Wildman–Crippen MR) is 128 cm³/mol. The van der Waals surface area contributed by atoms with Crippen LogP contribution in [0.2, 0.25) is 16.6 Å². The highest BCUT2D eigenvalue weighted by molar-refractivity contribution is 7.01. The number of fused-ring (bicyclic) bond motifs is 1. The van der Waals surface area contributed by atoms with Crippen molar-refractivity contribution >= 4 is 30.2 Å². The van der Waals surface area contributed by atoms with Gasteiger partial charge in [0.05, 0.1) is 7.11 Å². The van der Waals surface area contributed by atoms with Gasteiger partial charge in [-0.1, -0.05) is 59.7 Å². The van der Waals surface area contributed by atoms with Crippen molar-refractivity contribution in [1.29, 1.82) is 0 Å². The minimum Gasteiger partial charge on any atom is -0.497 e. The molecule has 3 rings (SSSR count). The Bertz CT molecular complexity index is 1050. The lowest BCUT2D eigenvalue weighted by atomic mass is 10.1. The van der Waals surface area contributed by atoms with Crippen LogP contribution in [0.3, 0.4) is 0 Å². The van der Waals surface area contributed by atoms with Crippen LogP contribution < -0.4 is 4.74 Å². The molecule has 30 heavy (non-hydrogen) atoms. The quantitative estimate of drug-likeness (QED) is 0.293. The van der Waals surface area contributed by atoms with Crippen LogP contribution in [-0.2, 0) is 4.79 Å². The zero-order chi connectivity index (χ0) is 22.1. The lowest BCUT2D eigenvalue weighted by molar-refractivity contribution is 0.415. The summed E-state index contributed by atoms with van der Waals surface area (Å²) in [4.78, 5) is 12.7. The van der Waals surface area contributed by atoms with Gasteiger partial charge in [0, 0.05) is 21.7 Å². The Hall–Kier alpha value is -2.55. The maximum absolute atomic E-state index is 12.7. The van der Waals surface area contributed by atoms with Gasteiger partial charge in [-0.3, -0.25) is 0 Å². The second-order valence-corrected chi connectivity index (χ2v) is 14.7. The van der Waals surface area contributed by atoms with E-state index in [0.29, 0.717) is 16.6 Å². The average Bonchev–Trinajstić information content (AvgIpc) is 3.10. The lowest BCUT2D eigenvalue weighted by Gasteiger charge is -2.43. The first kappa shape index (κ1) is 22.1. The number of furan rings is 1. The normalized spacial score (nSPS) is 12.1. The van der Waals surface area contributed by atoms with Crippen molar-refractivity contribution in [3.05, 3.63) is 54.1 Å². The monoisotopic (exact) mass is 420 g/mol. The van der Waals surface area contributed by atoms with Crippen LogP contribution in [-0.4, -0.2) is 21.1 Å². The van der Waals surface area contributed by atoms with Crippen LogP contribution >= 0.6 is 0 Å². The highest BCUT2D eigenvalue weighted by Gasteiger charge is 2.49. The summed E-state index contributed by atoms with van der Waals surface area (Å²) in [6, 6.07) is 15.8. The van der Waals surface area contributed by atoms with Crippen LogP contribution in [0.5, 0.6) is 5.75 Å². The fourth-order valence-electron chi connectivity index (χ4n) is 5.46. The minimum atomic E-state index is -2.25. The van der Waals surface area contributed by atoms with Crippen molar-refractivity contribution in [2.24, 2.45) is 0 Å². The molecule has 2 aromatic carbocycles. The van der Waals surface area contributed by atoms with Crippen LogP contribution in [0.4, 0.5) is 0 Å². The molecule has 0 atom stereocenters. The second kappa shape index (κ2) is 8.67. The molecule has 0 N–H and O–H groups in total. The number of carbonyl (C=O) groups excluding carboxylic acids is 1. The van der Waals surface area contributed by atoms with Gasteiger partial charge < -0.3 is 9.15 Å². The lowest BCUT2D eigenvalue weighted by Crippen LogP contribution is -2.46. The molecule has 3 aromatic rings. The predicted octanol–water partition coefficient (Wildman–Crippen LogP) is 7.54. The first-order valence-electron chi connectivity index (χ1n) is 10.7. The molecular weight excluding hydrogens is 388 g/mol. The van der Waals surface area contributed by atoms with Crippen LogP contribution in [0.15, 0.2) is 52.9 Å². The van der Waals surface area contributed by atoms with Gasteiger partial charge in [-0.2, -0.15) is 0 Å². The van der Waals surface area contributed by atoms with E-state index in [0.717, 1.165) is 38.8 Å². The fraction of sp³-hybridized carbons (Fsp3) is 0.385. The highest BCUT2D eigenvalue weighted by atomic mass is 28.3. The molecule has 0 fully saturated rings. The van der Waals surface area contributed by atoms with Gasteiger partial charge in [-0.15, -0.1) is 0 Å². The summed E-state index contributed by atoms with van der Waals surface area (Å²) in [6.45, 7) is 13.6. The number of hydrogen-bond acceptors (Lipinski definition) is 3. The number of benzene rings is 2. The number of hydrogen-bond donors (Lipinski definition) is 0. The van der Waals surface area contributed by atoms with Crippen molar-refractivity contribution in [2.75, 3.05) is 7.11 Å². The molecule has 0 radical (unpaired) electrons. The third-order valence-corrected chi connectivity index (χ3v) is 13.5. The first-order valence-corrected chi connectivity index (χ1v) is 12.9. The maximum atomic E-state index is 12.7. The Kier molecular flexibility index (Phi) is 6.40. The van der Waals surface area contributed by atoms with Crippen LogP contribution in [0.1, 0.15) is 47.1 Å². The number of para-hydroxylation sites is 1. The van der Waals surface area contributed by atoms with Crippen molar-refractivity contribution in [3.8, 4) is 17.1 Å². The third kappa shape index (κ3) is 3.44. The molecule has 0 amide bonds. The molecule has 0 unspecified atom stereocenters. The summed E-state index contributed by atoms with van der Waals surface area (Å²) in [7, 11) is -0.597. The number of ether oxygens (including phenoxy) is 1. The largest absolute Gasteiger partial charge is 0.497 e. The van der Waals surface area contributed by atoms with Crippen LogP contribution in [0.25, 0.3) is 27.5 Å². The third-order valence-electron chi connectivity index (χ3n) is 6.60. The Morgan fingerprint density at radius 1 is 0.900 bits per heavy atom. The molecule has 0 saturated carbocycles. The molecule has 4 heteroatoms. The van der Waals surface area contributed by atoms with Gasteiger partial charge in [-0.25, -0.2) is 4.79 Å². The summed E-state index contributed by atoms with van der Waals surface area (Å²) in [5.74, 6) is 3.99. The minimum absolute atomic E-state index is 0.395. The summed E-state index contributed by atoms with van der Waals surface area (Å²) >= 11 is 0. The SMILES string of the molecule is COc1ccc(-c2oc3ccccc3c2C(=C=O)[Si](C(C)C)(C(C)C)C(C)C)cc1. The van der Waals surface area contributed by atoms with E-state index in [1.165, 1.54) is 0 Å². The van der Waals surface area contributed by atoms with E-state index >= 15 is 0 Å². The van der Waals surface area contributed by atoms with Gasteiger partial charge in [0.25, 0.3) is 0 Å². The number of methoxy groups -OCH3 is 1. The van der Waals surface area contributed by atoms with Crippen molar-refractivity contribution < 1.29 is 13.9 Å². The van der Waals surface area contributed by atoms with Gasteiger partial charge in [0.2, 0.25) is 0 Å². The molecule has 0 aliphatic carbocycles.